The van der Waals surface area contributed by atoms with Gasteiger partial charge in [-0.2, -0.15) is 0 Å². The SMILES string of the molecule is Cc1cncc(-c2nc(NCCC3C=Nc4ccccc43)c3ncn(C(C)C)c3n2)c1. The van der Waals surface area contributed by atoms with Crippen molar-refractivity contribution in [3.8, 4) is 11.4 Å². The second kappa shape index (κ2) is 7.91. The third-order valence-electron chi connectivity index (χ3n) is 5.59. The Balaban J connectivity index is 1.45. The van der Waals surface area contributed by atoms with Crippen LogP contribution in [-0.2, 0) is 0 Å². The summed E-state index contributed by atoms with van der Waals surface area (Å²) in [6, 6.07) is 10.6. The number of rotatable bonds is 6. The average Bonchev–Trinajstić information content (AvgIpc) is 3.38. The van der Waals surface area contributed by atoms with Crippen LogP contribution in [0.1, 0.15) is 43.4 Å². The number of benzene rings is 1. The minimum absolute atomic E-state index is 0.252. The Hall–Kier alpha value is -3.61. The fraction of sp³-hybridized carbons (Fsp3) is 0.292. The molecule has 1 atom stereocenters. The highest BCUT2D eigenvalue weighted by molar-refractivity contribution is 5.85. The van der Waals surface area contributed by atoms with Gasteiger partial charge in [-0.3, -0.25) is 9.98 Å². The monoisotopic (exact) mass is 411 g/mol. The van der Waals surface area contributed by atoms with Crippen molar-refractivity contribution < 1.29 is 0 Å². The lowest BCUT2D eigenvalue weighted by Gasteiger charge is -2.13. The Morgan fingerprint density at radius 2 is 2.00 bits per heavy atom. The van der Waals surface area contributed by atoms with Gasteiger partial charge >= 0.3 is 0 Å². The number of pyridine rings is 1. The van der Waals surface area contributed by atoms with Gasteiger partial charge in [0.15, 0.2) is 17.3 Å². The van der Waals surface area contributed by atoms with Crippen molar-refractivity contribution in [3.63, 3.8) is 0 Å². The second-order valence-electron chi connectivity index (χ2n) is 8.22. The number of anilines is 1. The van der Waals surface area contributed by atoms with Crippen LogP contribution in [0.4, 0.5) is 11.5 Å². The normalized spacial score (nSPS) is 15.0. The minimum atomic E-state index is 0.252. The number of hydrogen-bond acceptors (Lipinski definition) is 6. The highest BCUT2D eigenvalue weighted by Crippen LogP contribution is 2.33. The van der Waals surface area contributed by atoms with Gasteiger partial charge in [-0.1, -0.05) is 18.2 Å². The van der Waals surface area contributed by atoms with E-state index in [9.17, 15) is 0 Å². The van der Waals surface area contributed by atoms with Crippen LogP contribution in [0.15, 0.2) is 54.0 Å². The maximum Gasteiger partial charge on any atom is 0.166 e. The maximum atomic E-state index is 4.83. The summed E-state index contributed by atoms with van der Waals surface area (Å²) in [7, 11) is 0. The molecule has 0 aliphatic carbocycles. The zero-order chi connectivity index (χ0) is 21.4. The Morgan fingerprint density at radius 1 is 1.13 bits per heavy atom. The van der Waals surface area contributed by atoms with Gasteiger partial charge in [-0.25, -0.2) is 15.0 Å². The highest BCUT2D eigenvalue weighted by atomic mass is 15.2. The summed E-state index contributed by atoms with van der Waals surface area (Å²) < 4.78 is 2.08. The van der Waals surface area contributed by atoms with Gasteiger partial charge in [-0.05, 0) is 50.5 Å². The van der Waals surface area contributed by atoms with Crippen LogP contribution in [0.5, 0.6) is 0 Å². The van der Waals surface area contributed by atoms with E-state index in [4.69, 9.17) is 9.97 Å². The van der Waals surface area contributed by atoms with Gasteiger partial charge in [0.05, 0.1) is 12.0 Å². The fourth-order valence-electron chi connectivity index (χ4n) is 3.97. The van der Waals surface area contributed by atoms with Crippen LogP contribution < -0.4 is 5.32 Å². The van der Waals surface area contributed by atoms with Crippen LogP contribution in [0.2, 0.25) is 0 Å². The summed E-state index contributed by atoms with van der Waals surface area (Å²) >= 11 is 0. The molecule has 3 aromatic heterocycles. The summed E-state index contributed by atoms with van der Waals surface area (Å²) in [6.45, 7) is 7.03. The molecule has 7 heteroatoms. The lowest BCUT2D eigenvalue weighted by molar-refractivity contribution is 0.613. The molecular weight excluding hydrogens is 386 g/mol. The largest absolute Gasteiger partial charge is 0.368 e. The van der Waals surface area contributed by atoms with Gasteiger partial charge in [0.2, 0.25) is 0 Å². The first-order chi connectivity index (χ1) is 15.1. The van der Waals surface area contributed by atoms with Gasteiger partial charge in [0.25, 0.3) is 0 Å². The van der Waals surface area contributed by atoms with Gasteiger partial charge in [-0.15, -0.1) is 0 Å². The van der Waals surface area contributed by atoms with Crippen molar-refractivity contribution in [1.82, 2.24) is 24.5 Å². The number of aliphatic imine (C=N–C) groups is 1. The smallest absolute Gasteiger partial charge is 0.166 e. The van der Waals surface area contributed by atoms with E-state index in [1.807, 2.05) is 31.7 Å². The molecule has 31 heavy (non-hydrogen) atoms. The topological polar surface area (TPSA) is 80.9 Å². The molecule has 7 nitrogen and oxygen atoms in total. The highest BCUT2D eigenvalue weighted by Gasteiger charge is 2.19. The number of fused-ring (bicyclic) bond motifs is 2. The maximum absolute atomic E-state index is 4.83. The van der Waals surface area contributed by atoms with Crippen molar-refractivity contribution in [2.75, 3.05) is 11.9 Å². The molecule has 5 rings (SSSR count). The summed E-state index contributed by atoms with van der Waals surface area (Å²) in [6.07, 6.45) is 8.45. The van der Waals surface area contributed by atoms with Crippen molar-refractivity contribution in [2.24, 2.45) is 4.99 Å². The van der Waals surface area contributed by atoms with Gasteiger partial charge in [0, 0.05) is 42.7 Å². The number of aryl methyl sites for hydroxylation is 1. The minimum Gasteiger partial charge on any atom is -0.368 e. The van der Waals surface area contributed by atoms with E-state index in [1.54, 1.807) is 6.20 Å². The van der Waals surface area contributed by atoms with Crippen molar-refractivity contribution >= 4 is 28.9 Å². The summed E-state index contributed by atoms with van der Waals surface area (Å²) in [4.78, 5) is 23.1. The number of nitrogens with zero attached hydrogens (tertiary/aromatic N) is 6. The third kappa shape index (κ3) is 3.67. The molecule has 0 bridgehead atoms. The van der Waals surface area contributed by atoms with E-state index in [0.717, 1.165) is 46.8 Å². The molecule has 1 unspecified atom stereocenters. The van der Waals surface area contributed by atoms with E-state index in [1.165, 1.54) is 5.56 Å². The van der Waals surface area contributed by atoms with Crippen LogP contribution in [0.3, 0.4) is 0 Å². The molecule has 156 valence electrons. The first-order valence-electron chi connectivity index (χ1n) is 10.6. The summed E-state index contributed by atoms with van der Waals surface area (Å²) in [5.41, 5.74) is 5.95. The zero-order valence-corrected chi connectivity index (χ0v) is 17.9. The molecule has 0 radical (unpaired) electrons. The predicted octanol–water partition coefficient (Wildman–Crippen LogP) is 5.08. The van der Waals surface area contributed by atoms with Crippen LogP contribution in [-0.4, -0.2) is 37.3 Å². The lowest BCUT2D eigenvalue weighted by atomic mass is 9.98. The first kappa shape index (κ1) is 19.4. The van der Waals surface area contributed by atoms with Crippen LogP contribution >= 0.6 is 0 Å². The van der Waals surface area contributed by atoms with Crippen molar-refractivity contribution in [3.05, 3.63) is 60.2 Å². The molecule has 0 amide bonds. The molecule has 0 saturated carbocycles. The summed E-state index contributed by atoms with van der Waals surface area (Å²) in [5, 5.41) is 3.51. The molecule has 4 aromatic rings. The summed E-state index contributed by atoms with van der Waals surface area (Å²) in [5.74, 6) is 1.72. The third-order valence-corrected chi connectivity index (χ3v) is 5.59. The zero-order valence-electron chi connectivity index (χ0n) is 17.9. The first-order valence-corrected chi connectivity index (χ1v) is 10.6. The number of imidazole rings is 1. The number of hydrogen-bond donors (Lipinski definition) is 1. The Kier molecular flexibility index (Phi) is 4.94. The molecule has 1 aliphatic rings. The van der Waals surface area contributed by atoms with Crippen LogP contribution in [0.25, 0.3) is 22.6 Å². The quantitative estimate of drug-likeness (QED) is 0.478. The van der Waals surface area contributed by atoms with E-state index >= 15 is 0 Å². The van der Waals surface area contributed by atoms with Crippen LogP contribution in [0, 0.1) is 6.92 Å². The van der Waals surface area contributed by atoms with Gasteiger partial charge < -0.3 is 9.88 Å². The molecule has 4 heterocycles. The molecule has 1 aliphatic heterocycles. The molecule has 0 spiro atoms. The number of aromatic nitrogens is 5. The lowest BCUT2D eigenvalue weighted by Crippen LogP contribution is -2.10. The number of nitrogens with one attached hydrogen (secondary N) is 1. The molecular formula is C24H25N7. The van der Waals surface area contributed by atoms with Crippen molar-refractivity contribution in [1.29, 1.82) is 0 Å². The Bertz CT molecular complexity index is 1270. The molecule has 1 aromatic carbocycles. The fourth-order valence-corrected chi connectivity index (χ4v) is 3.97. The number of para-hydroxylation sites is 1. The van der Waals surface area contributed by atoms with Gasteiger partial charge in [0.1, 0.15) is 5.52 Å². The Morgan fingerprint density at radius 3 is 2.84 bits per heavy atom. The Labute approximate surface area is 181 Å². The second-order valence-corrected chi connectivity index (χ2v) is 8.22. The molecule has 1 N–H and O–H groups in total. The van der Waals surface area contributed by atoms with E-state index in [2.05, 4.69) is 63.0 Å². The van der Waals surface area contributed by atoms with E-state index in [0.29, 0.717) is 11.7 Å². The average molecular weight is 412 g/mol. The van der Waals surface area contributed by atoms with E-state index in [-0.39, 0.29) is 6.04 Å². The molecule has 0 saturated heterocycles. The van der Waals surface area contributed by atoms with Crippen molar-refractivity contribution in [2.45, 2.75) is 39.2 Å². The standard InChI is InChI=1S/C24H25N7/c1-15(2)31-14-28-21-23(26-9-8-17-13-27-20-7-5-4-6-19(17)20)29-22(30-24(21)31)18-10-16(3)11-25-12-18/h4-7,10-15,17H,8-9H2,1-3H3,(H,26,29,30). The molecule has 0 fully saturated rings. The predicted molar refractivity (Wildman–Crippen MR) is 124 cm³/mol. The van der Waals surface area contributed by atoms with E-state index < -0.39 is 0 Å².